The first-order valence-electron chi connectivity index (χ1n) is 8.42. The van der Waals surface area contributed by atoms with Crippen LogP contribution in [0.4, 0.5) is 0 Å². The molecule has 0 atom stereocenters. The Kier molecular flexibility index (Phi) is 5.56. The van der Waals surface area contributed by atoms with Crippen LogP contribution in [0.2, 0.25) is 0 Å². The van der Waals surface area contributed by atoms with Crippen molar-refractivity contribution < 1.29 is 14.3 Å². The van der Waals surface area contributed by atoms with E-state index in [1.807, 2.05) is 24.3 Å². The Balaban J connectivity index is 1.84. The zero-order chi connectivity index (χ0) is 18.8. The van der Waals surface area contributed by atoms with Gasteiger partial charge in [0.2, 0.25) is 0 Å². The summed E-state index contributed by atoms with van der Waals surface area (Å²) in [5.41, 5.74) is 1.57. The van der Waals surface area contributed by atoms with Crippen LogP contribution in [0.15, 0.2) is 45.9 Å². The van der Waals surface area contributed by atoms with Crippen LogP contribution in [0, 0.1) is 0 Å². The molecular formula is C19H17BrN2O3S2. The van der Waals surface area contributed by atoms with E-state index in [0.29, 0.717) is 23.6 Å². The summed E-state index contributed by atoms with van der Waals surface area (Å²) in [5.74, 6) is 2.17. The van der Waals surface area contributed by atoms with Crippen molar-refractivity contribution >= 4 is 55.2 Å². The lowest BCUT2D eigenvalue weighted by molar-refractivity contribution is 0.0998. The second-order valence-corrected chi connectivity index (χ2v) is 8.83. The summed E-state index contributed by atoms with van der Waals surface area (Å²) in [4.78, 5) is 17.8. The van der Waals surface area contributed by atoms with E-state index >= 15 is 0 Å². The van der Waals surface area contributed by atoms with Crippen molar-refractivity contribution in [2.24, 2.45) is 4.99 Å². The van der Waals surface area contributed by atoms with Crippen molar-refractivity contribution in [3.8, 4) is 11.5 Å². The molecular weight excluding hydrogens is 448 g/mol. The van der Waals surface area contributed by atoms with Crippen LogP contribution in [-0.2, 0) is 6.54 Å². The van der Waals surface area contributed by atoms with Gasteiger partial charge in [0.05, 0.1) is 10.2 Å². The molecule has 5 nitrogen and oxygen atoms in total. The molecule has 3 aromatic rings. The van der Waals surface area contributed by atoms with Gasteiger partial charge in [-0.15, -0.1) is 0 Å². The standard InChI is InChI=1S/C19H17BrN2O3S2/c1-26-8-5-22-14-10-15-16(25-7-6-24-15)11-17(14)27-19(22)21-18(23)12-3-2-4-13(20)9-12/h2-4,9-11H,5-8H2,1H3. The molecule has 0 saturated heterocycles. The fourth-order valence-electron chi connectivity index (χ4n) is 2.86. The molecule has 4 rings (SSSR count). The maximum absolute atomic E-state index is 12.7. The molecule has 1 aliphatic heterocycles. The van der Waals surface area contributed by atoms with Gasteiger partial charge in [0.25, 0.3) is 5.91 Å². The van der Waals surface area contributed by atoms with Gasteiger partial charge in [-0.3, -0.25) is 4.79 Å². The molecule has 0 saturated carbocycles. The number of carbonyl (C=O) groups excluding carboxylic acids is 1. The van der Waals surface area contributed by atoms with Crippen LogP contribution in [-0.4, -0.2) is 35.7 Å². The number of thioether (sulfide) groups is 1. The maximum Gasteiger partial charge on any atom is 0.279 e. The predicted octanol–water partition coefficient (Wildman–Crippen LogP) is 4.34. The van der Waals surface area contributed by atoms with Crippen LogP contribution in [0.25, 0.3) is 10.2 Å². The summed E-state index contributed by atoms with van der Waals surface area (Å²) >= 11 is 6.65. The number of carbonyl (C=O) groups is 1. The molecule has 0 aliphatic carbocycles. The van der Waals surface area contributed by atoms with Crippen LogP contribution in [0.1, 0.15) is 10.4 Å². The highest BCUT2D eigenvalue weighted by Crippen LogP contribution is 2.35. The highest BCUT2D eigenvalue weighted by Gasteiger charge is 2.17. The van der Waals surface area contributed by atoms with Gasteiger partial charge in [0, 0.05) is 34.5 Å². The fourth-order valence-corrected chi connectivity index (χ4v) is 4.69. The third-order valence-electron chi connectivity index (χ3n) is 4.13. The maximum atomic E-state index is 12.7. The van der Waals surface area contributed by atoms with E-state index in [1.165, 1.54) is 11.3 Å². The number of amides is 1. The van der Waals surface area contributed by atoms with E-state index in [1.54, 1.807) is 23.9 Å². The molecule has 1 aromatic heterocycles. The second-order valence-electron chi connectivity index (χ2n) is 5.92. The highest BCUT2D eigenvalue weighted by molar-refractivity contribution is 9.10. The zero-order valence-electron chi connectivity index (χ0n) is 14.6. The quantitative estimate of drug-likeness (QED) is 0.576. The van der Waals surface area contributed by atoms with Gasteiger partial charge in [0.15, 0.2) is 16.3 Å². The average molecular weight is 465 g/mol. The molecule has 140 valence electrons. The molecule has 27 heavy (non-hydrogen) atoms. The van der Waals surface area contributed by atoms with E-state index < -0.39 is 0 Å². The summed E-state index contributed by atoms with van der Waals surface area (Å²) in [7, 11) is 0. The summed E-state index contributed by atoms with van der Waals surface area (Å²) in [5, 5.41) is 0. The number of hydrogen-bond donors (Lipinski definition) is 0. The van der Waals surface area contributed by atoms with E-state index in [-0.39, 0.29) is 5.91 Å². The van der Waals surface area contributed by atoms with Crippen molar-refractivity contribution in [3.05, 3.63) is 51.2 Å². The lowest BCUT2D eigenvalue weighted by Crippen LogP contribution is -2.18. The fraction of sp³-hybridized carbons (Fsp3) is 0.263. The molecule has 8 heteroatoms. The van der Waals surface area contributed by atoms with Gasteiger partial charge >= 0.3 is 0 Å². The van der Waals surface area contributed by atoms with Gasteiger partial charge in [-0.1, -0.05) is 33.3 Å². The number of fused-ring (bicyclic) bond motifs is 2. The molecule has 0 unspecified atom stereocenters. The lowest BCUT2D eigenvalue weighted by Gasteiger charge is -2.18. The molecule has 0 fully saturated rings. The minimum absolute atomic E-state index is 0.252. The van der Waals surface area contributed by atoms with E-state index in [2.05, 4.69) is 31.7 Å². The normalized spacial score (nSPS) is 13.9. The SMILES string of the molecule is CSCCn1c(=NC(=O)c2cccc(Br)c2)sc2cc3c(cc21)OCCO3. The highest BCUT2D eigenvalue weighted by atomic mass is 79.9. The molecule has 0 bridgehead atoms. The van der Waals surface area contributed by atoms with Gasteiger partial charge in [0.1, 0.15) is 13.2 Å². The Bertz CT molecular complexity index is 1070. The van der Waals surface area contributed by atoms with Crippen molar-refractivity contribution in [3.63, 3.8) is 0 Å². The molecule has 0 spiro atoms. The van der Waals surface area contributed by atoms with E-state index in [4.69, 9.17) is 9.47 Å². The minimum Gasteiger partial charge on any atom is -0.486 e. The van der Waals surface area contributed by atoms with Gasteiger partial charge < -0.3 is 14.0 Å². The lowest BCUT2D eigenvalue weighted by atomic mass is 10.2. The first-order chi connectivity index (χ1) is 13.2. The van der Waals surface area contributed by atoms with Crippen LogP contribution < -0.4 is 14.3 Å². The van der Waals surface area contributed by atoms with Crippen LogP contribution >= 0.6 is 39.0 Å². The Hall–Kier alpha value is -1.77. The largest absolute Gasteiger partial charge is 0.486 e. The number of benzene rings is 2. The van der Waals surface area contributed by atoms with Crippen LogP contribution in [0.5, 0.6) is 11.5 Å². The predicted molar refractivity (Wildman–Crippen MR) is 113 cm³/mol. The molecule has 1 amide bonds. The molecule has 0 radical (unpaired) electrons. The van der Waals surface area contributed by atoms with Gasteiger partial charge in [-0.2, -0.15) is 16.8 Å². The third kappa shape index (κ3) is 3.93. The second kappa shape index (κ2) is 8.08. The van der Waals surface area contributed by atoms with Crippen molar-refractivity contribution in [1.29, 1.82) is 0 Å². The van der Waals surface area contributed by atoms with Crippen molar-refractivity contribution in [1.82, 2.24) is 4.57 Å². The summed E-state index contributed by atoms with van der Waals surface area (Å²) in [6, 6.07) is 11.2. The van der Waals surface area contributed by atoms with Crippen molar-refractivity contribution in [2.75, 3.05) is 25.2 Å². The third-order valence-corrected chi connectivity index (χ3v) is 6.26. The number of aryl methyl sites for hydroxylation is 1. The van der Waals surface area contributed by atoms with Gasteiger partial charge in [-0.05, 0) is 24.5 Å². The minimum atomic E-state index is -0.252. The molecule has 2 heterocycles. The van der Waals surface area contributed by atoms with Crippen molar-refractivity contribution in [2.45, 2.75) is 6.54 Å². The van der Waals surface area contributed by atoms with Crippen LogP contribution in [0.3, 0.4) is 0 Å². The molecule has 1 aliphatic rings. The Morgan fingerprint density at radius 1 is 1.26 bits per heavy atom. The summed E-state index contributed by atoms with van der Waals surface area (Å²) < 4.78 is 15.4. The smallest absolute Gasteiger partial charge is 0.279 e. The monoisotopic (exact) mass is 464 g/mol. The topological polar surface area (TPSA) is 52.8 Å². The Morgan fingerprint density at radius 3 is 2.78 bits per heavy atom. The number of aromatic nitrogens is 1. The van der Waals surface area contributed by atoms with Gasteiger partial charge in [-0.25, -0.2) is 0 Å². The molecule has 2 aromatic carbocycles. The van der Waals surface area contributed by atoms with E-state index in [0.717, 1.165) is 38.5 Å². The zero-order valence-corrected chi connectivity index (χ0v) is 17.8. The summed E-state index contributed by atoms with van der Waals surface area (Å²) in [6.45, 7) is 1.87. The first kappa shape index (κ1) is 18.6. The average Bonchev–Trinajstić information content (AvgIpc) is 3.00. The number of halogens is 1. The summed E-state index contributed by atoms with van der Waals surface area (Å²) in [6.07, 6.45) is 2.07. The number of ether oxygens (including phenoxy) is 2. The number of rotatable bonds is 4. The Morgan fingerprint density at radius 2 is 2.04 bits per heavy atom. The van der Waals surface area contributed by atoms with E-state index in [9.17, 15) is 4.79 Å². The number of hydrogen-bond acceptors (Lipinski definition) is 5. The number of thiazole rings is 1. The Labute approximate surface area is 173 Å². The first-order valence-corrected chi connectivity index (χ1v) is 11.4. The molecule has 0 N–H and O–H groups in total. The number of nitrogens with zero attached hydrogens (tertiary/aromatic N) is 2.